The van der Waals surface area contributed by atoms with Gasteiger partial charge < -0.3 is 4.90 Å². The van der Waals surface area contributed by atoms with Gasteiger partial charge in [-0.05, 0) is 25.0 Å². The number of halogens is 1. The van der Waals surface area contributed by atoms with Crippen LogP contribution in [0, 0.1) is 5.82 Å². The Hall–Kier alpha value is -2.83. The summed E-state index contributed by atoms with van der Waals surface area (Å²) < 4.78 is 15.7. The molecule has 7 heteroatoms. The summed E-state index contributed by atoms with van der Waals surface area (Å²) >= 11 is 0. The summed E-state index contributed by atoms with van der Waals surface area (Å²) in [6.45, 7) is 1.13. The molecule has 1 aliphatic heterocycles. The maximum absolute atomic E-state index is 13.9. The first kappa shape index (κ1) is 15.7. The maximum atomic E-state index is 13.9. The molecule has 128 valence electrons. The maximum Gasteiger partial charge on any atom is 0.256 e. The Morgan fingerprint density at radius 2 is 2.04 bits per heavy atom. The average Bonchev–Trinajstić information content (AvgIpc) is 2.99. The Kier molecular flexibility index (Phi) is 3.91. The van der Waals surface area contributed by atoms with Gasteiger partial charge in [0.1, 0.15) is 11.3 Å². The van der Waals surface area contributed by atoms with Crippen LogP contribution >= 0.6 is 0 Å². The van der Waals surface area contributed by atoms with Gasteiger partial charge in [0, 0.05) is 38.4 Å². The van der Waals surface area contributed by atoms with E-state index < -0.39 is 5.82 Å². The molecule has 0 aliphatic carbocycles. The van der Waals surface area contributed by atoms with Crippen molar-refractivity contribution in [3.8, 4) is 0 Å². The van der Waals surface area contributed by atoms with Gasteiger partial charge in [0.15, 0.2) is 5.65 Å². The van der Waals surface area contributed by atoms with Gasteiger partial charge in [-0.25, -0.2) is 19.0 Å². The molecule has 1 atom stereocenters. The zero-order valence-electron chi connectivity index (χ0n) is 13.9. The molecule has 0 N–H and O–H groups in total. The van der Waals surface area contributed by atoms with Crippen molar-refractivity contribution in [2.24, 2.45) is 7.05 Å². The zero-order chi connectivity index (χ0) is 17.4. The SMILES string of the molecule is Cn1nc([C@H]2CCCN(C(=O)c3ccccc3F)C2)c2nccnc21. The van der Waals surface area contributed by atoms with Gasteiger partial charge in [0.25, 0.3) is 5.91 Å². The number of carbonyl (C=O) groups excluding carboxylic acids is 1. The lowest BCUT2D eigenvalue weighted by Gasteiger charge is -2.32. The fourth-order valence-electron chi connectivity index (χ4n) is 3.47. The summed E-state index contributed by atoms with van der Waals surface area (Å²) in [6.07, 6.45) is 5.06. The molecule has 0 spiro atoms. The van der Waals surface area contributed by atoms with Crippen LogP contribution in [0.25, 0.3) is 11.2 Å². The van der Waals surface area contributed by atoms with Crippen LogP contribution in [-0.2, 0) is 7.05 Å². The summed E-state index contributed by atoms with van der Waals surface area (Å²) in [5, 5.41) is 4.58. The highest BCUT2D eigenvalue weighted by molar-refractivity contribution is 5.94. The minimum absolute atomic E-state index is 0.0740. The van der Waals surface area contributed by atoms with Gasteiger partial charge in [-0.15, -0.1) is 0 Å². The van der Waals surface area contributed by atoms with E-state index in [2.05, 4.69) is 15.1 Å². The number of benzene rings is 1. The van der Waals surface area contributed by atoms with Gasteiger partial charge in [-0.3, -0.25) is 4.79 Å². The topological polar surface area (TPSA) is 63.9 Å². The lowest BCUT2D eigenvalue weighted by molar-refractivity contribution is 0.0701. The van der Waals surface area contributed by atoms with Crippen molar-refractivity contribution in [2.75, 3.05) is 13.1 Å². The quantitative estimate of drug-likeness (QED) is 0.720. The predicted molar refractivity (Wildman–Crippen MR) is 90.6 cm³/mol. The largest absolute Gasteiger partial charge is 0.338 e. The molecule has 1 saturated heterocycles. The molecule has 25 heavy (non-hydrogen) atoms. The van der Waals surface area contributed by atoms with E-state index in [1.807, 2.05) is 7.05 Å². The average molecular weight is 339 g/mol. The summed E-state index contributed by atoms with van der Waals surface area (Å²) in [6, 6.07) is 6.11. The van der Waals surface area contributed by atoms with Crippen LogP contribution in [0.5, 0.6) is 0 Å². The third kappa shape index (κ3) is 2.75. The van der Waals surface area contributed by atoms with E-state index in [0.717, 1.165) is 29.7 Å². The number of nitrogens with zero attached hydrogens (tertiary/aromatic N) is 5. The number of amides is 1. The summed E-state index contributed by atoms with van der Waals surface area (Å²) in [5.74, 6) is -0.678. The number of carbonyl (C=O) groups is 1. The second-order valence-electron chi connectivity index (χ2n) is 6.31. The molecule has 6 nitrogen and oxygen atoms in total. The molecule has 3 heterocycles. The third-order valence-electron chi connectivity index (χ3n) is 4.69. The molecule has 3 aromatic rings. The zero-order valence-corrected chi connectivity index (χ0v) is 13.9. The minimum atomic E-state index is -0.483. The van der Waals surface area contributed by atoms with Crippen molar-refractivity contribution in [3.63, 3.8) is 0 Å². The number of aryl methyl sites for hydroxylation is 1. The molecule has 0 unspecified atom stereocenters. The monoisotopic (exact) mass is 339 g/mol. The first-order valence-electron chi connectivity index (χ1n) is 8.32. The fraction of sp³-hybridized carbons (Fsp3) is 0.333. The molecular weight excluding hydrogens is 321 g/mol. The fourth-order valence-corrected chi connectivity index (χ4v) is 3.47. The molecule has 0 radical (unpaired) electrons. The summed E-state index contributed by atoms with van der Waals surface area (Å²) in [5.41, 5.74) is 2.48. The second-order valence-corrected chi connectivity index (χ2v) is 6.31. The van der Waals surface area contributed by atoms with Crippen molar-refractivity contribution in [2.45, 2.75) is 18.8 Å². The normalized spacial score (nSPS) is 17.8. The number of piperidine rings is 1. The van der Waals surface area contributed by atoms with E-state index in [4.69, 9.17) is 0 Å². The van der Waals surface area contributed by atoms with Crippen molar-refractivity contribution >= 4 is 17.1 Å². The van der Waals surface area contributed by atoms with Crippen molar-refractivity contribution in [1.29, 1.82) is 0 Å². The number of likely N-dealkylation sites (tertiary alicyclic amines) is 1. The number of fused-ring (bicyclic) bond motifs is 1. The highest BCUT2D eigenvalue weighted by Gasteiger charge is 2.30. The highest BCUT2D eigenvalue weighted by atomic mass is 19.1. The number of hydrogen-bond donors (Lipinski definition) is 0. The smallest absolute Gasteiger partial charge is 0.256 e. The summed E-state index contributed by atoms with van der Waals surface area (Å²) in [7, 11) is 1.84. The van der Waals surface area contributed by atoms with Crippen LogP contribution in [0.2, 0.25) is 0 Å². The first-order chi connectivity index (χ1) is 12.1. The lowest BCUT2D eigenvalue weighted by atomic mass is 9.93. The molecule has 2 aromatic heterocycles. The van der Waals surface area contributed by atoms with Crippen molar-refractivity contribution < 1.29 is 9.18 Å². The molecule has 4 rings (SSSR count). The van der Waals surface area contributed by atoms with E-state index >= 15 is 0 Å². The van der Waals surface area contributed by atoms with Crippen LogP contribution in [0.15, 0.2) is 36.7 Å². The molecule has 1 aromatic carbocycles. The molecule has 1 amide bonds. The van der Waals surface area contributed by atoms with Crippen LogP contribution in [0.4, 0.5) is 4.39 Å². The van der Waals surface area contributed by atoms with Gasteiger partial charge in [-0.2, -0.15) is 5.10 Å². The number of rotatable bonds is 2. The summed E-state index contributed by atoms with van der Waals surface area (Å²) in [4.78, 5) is 23.1. The van der Waals surface area contributed by atoms with Crippen LogP contribution < -0.4 is 0 Å². The van der Waals surface area contributed by atoms with E-state index in [9.17, 15) is 9.18 Å². The first-order valence-corrected chi connectivity index (χ1v) is 8.32. The van der Waals surface area contributed by atoms with Crippen molar-refractivity contribution in [1.82, 2.24) is 24.6 Å². The van der Waals surface area contributed by atoms with Crippen LogP contribution in [-0.4, -0.2) is 43.6 Å². The predicted octanol–water partition coefficient (Wildman–Crippen LogP) is 2.52. The number of hydrogen-bond acceptors (Lipinski definition) is 4. The lowest BCUT2D eigenvalue weighted by Crippen LogP contribution is -2.39. The van der Waals surface area contributed by atoms with E-state index in [1.54, 1.807) is 34.1 Å². The van der Waals surface area contributed by atoms with E-state index in [0.29, 0.717) is 13.1 Å². The van der Waals surface area contributed by atoms with Crippen LogP contribution in [0.1, 0.15) is 34.8 Å². The highest BCUT2D eigenvalue weighted by Crippen LogP contribution is 2.30. The number of aromatic nitrogens is 4. The minimum Gasteiger partial charge on any atom is -0.338 e. The van der Waals surface area contributed by atoms with Gasteiger partial charge in [-0.1, -0.05) is 12.1 Å². The molecule has 1 aliphatic rings. The van der Waals surface area contributed by atoms with Crippen LogP contribution in [0.3, 0.4) is 0 Å². The second kappa shape index (κ2) is 6.23. The van der Waals surface area contributed by atoms with Gasteiger partial charge >= 0.3 is 0 Å². The van der Waals surface area contributed by atoms with E-state index in [1.165, 1.54) is 12.1 Å². The molecule has 1 fully saturated rings. The molecular formula is C18H18FN5O. The Morgan fingerprint density at radius 3 is 2.88 bits per heavy atom. The third-order valence-corrected chi connectivity index (χ3v) is 4.69. The Labute approximate surface area is 144 Å². The van der Waals surface area contributed by atoms with Gasteiger partial charge in [0.2, 0.25) is 0 Å². The Morgan fingerprint density at radius 1 is 1.24 bits per heavy atom. The Balaban J connectivity index is 1.63. The standard InChI is InChI=1S/C18H18FN5O/c1-23-17-16(20-8-9-21-17)15(22-23)12-5-4-10-24(11-12)18(25)13-6-2-3-7-14(13)19/h2-3,6-9,12H,4-5,10-11H2,1H3/t12-/m0/s1. The molecule has 0 bridgehead atoms. The van der Waals surface area contributed by atoms with E-state index in [-0.39, 0.29) is 17.4 Å². The van der Waals surface area contributed by atoms with Crippen molar-refractivity contribution in [3.05, 3.63) is 53.7 Å². The Bertz CT molecular complexity index is 938. The van der Waals surface area contributed by atoms with Gasteiger partial charge in [0.05, 0.1) is 11.3 Å². The molecule has 0 saturated carbocycles.